The Morgan fingerprint density at radius 1 is 1.12 bits per heavy atom. The summed E-state index contributed by atoms with van der Waals surface area (Å²) >= 11 is 0. The van der Waals surface area contributed by atoms with Gasteiger partial charge in [0.2, 0.25) is 0 Å². The molecule has 2 fully saturated rings. The molecule has 2 aliphatic rings. The standard InChI is InChI=1S/C12H23N2.Au.ClH.H2/c1-11(2)13-8-9-14(10-13)12-6-4-3-5-7-12;;;/h10-12H,3-9H2,1-2H3;;2*1H/q;+1;;/p-1. The van der Waals surface area contributed by atoms with Gasteiger partial charge in [0.1, 0.15) is 0 Å². The molecule has 1 saturated carbocycles. The first-order chi connectivity index (χ1) is 6.77. The van der Waals surface area contributed by atoms with E-state index in [0.29, 0.717) is 6.04 Å². The minimum Gasteiger partial charge on any atom is -1.00 e. The Kier molecular flexibility index (Phi) is 8.60. The van der Waals surface area contributed by atoms with Gasteiger partial charge in [0, 0.05) is 26.6 Å². The maximum atomic E-state index is 2.58. The van der Waals surface area contributed by atoms with Gasteiger partial charge < -0.3 is 12.4 Å². The van der Waals surface area contributed by atoms with Crippen molar-refractivity contribution in [1.82, 2.24) is 9.80 Å². The minimum atomic E-state index is 0. The van der Waals surface area contributed by atoms with Crippen LogP contribution in [0.25, 0.3) is 0 Å². The normalized spacial score (nSPS) is 24.2. The predicted octanol–water partition coefficient (Wildman–Crippen LogP) is -0.288. The van der Waals surface area contributed by atoms with Gasteiger partial charge in [-0.3, -0.25) is 9.80 Å². The third-order valence-electron chi connectivity index (χ3n) is 3.62. The van der Waals surface area contributed by atoms with Crippen molar-refractivity contribution in [2.24, 2.45) is 0 Å². The van der Waals surface area contributed by atoms with Crippen LogP contribution in [0, 0.1) is 6.67 Å². The molecular weight excluding hydrogens is 405 g/mol. The molecule has 0 spiro atoms. The molecule has 4 heteroatoms. The average Bonchev–Trinajstić information content (AvgIpc) is 2.68. The Hall–Kier alpha value is 0.950. The molecular formula is C12H25AuClN2. The SMILES string of the molecule is CC(C)N1[CH]N(C2CCCCC2)CC1.[Au+].[Cl-].[HH]. The van der Waals surface area contributed by atoms with E-state index in [1.54, 1.807) is 0 Å². The van der Waals surface area contributed by atoms with Crippen LogP contribution in [0.4, 0.5) is 0 Å². The second-order valence-electron chi connectivity index (χ2n) is 4.98. The van der Waals surface area contributed by atoms with E-state index in [9.17, 15) is 0 Å². The van der Waals surface area contributed by atoms with Crippen LogP contribution < -0.4 is 12.4 Å². The van der Waals surface area contributed by atoms with Crippen molar-refractivity contribution in [2.75, 3.05) is 13.1 Å². The molecule has 1 aliphatic carbocycles. The molecule has 1 aliphatic heterocycles. The third-order valence-corrected chi connectivity index (χ3v) is 3.62. The number of hydrogen-bond donors (Lipinski definition) is 0. The molecule has 0 atom stereocenters. The van der Waals surface area contributed by atoms with Gasteiger partial charge >= 0.3 is 22.4 Å². The molecule has 0 amide bonds. The zero-order chi connectivity index (χ0) is 9.97. The topological polar surface area (TPSA) is 6.48 Å². The van der Waals surface area contributed by atoms with Gasteiger partial charge in [-0.15, -0.1) is 0 Å². The minimum absolute atomic E-state index is 0. The van der Waals surface area contributed by atoms with Crippen LogP contribution in [0.5, 0.6) is 0 Å². The monoisotopic (exact) mass is 429 g/mol. The van der Waals surface area contributed by atoms with E-state index >= 15 is 0 Å². The molecule has 0 aromatic heterocycles. The summed E-state index contributed by atoms with van der Waals surface area (Å²) in [6.07, 6.45) is 7.18. The summed E-state index contributed by atoms with van der Waals surface area (Å²) in [6, 6.07) is 1.52. The number of rotatable bonds is 2. The molecule has 0 unspecified atom stereocenters. The van der Waals surface area contributed by atoms with E-state index < -0.39 is 0 Å². The Morgan fingerprint density at radius 3 is 2.25 bits per heavy atom. The van der Waals surface area contributed by atoms with Crippen molar-refractivity contribution in [2.45, 2.75) is 58.0 Å². The van der Waals surface area contributed by atoms with Crippen molar-refractivity contribution in [3.8, 4) is 0 Å². The summed E-state index contributed by atoms with van der Waals surface area (Å²) in [7, 11) is 0. The van der Waals surface area contributed by atoms with E-state index in [1.165, 1.54) is 45.2 Å². The van der Waals surface area contributed by atoms with Crippen LogP contribution in [0.1, 0.15) is 47.4 Å². The largest absolute Gasteiger partial charge is 1.00 e. The van der Waals surface area contributed by atoms with Crippen LogP contribution in [-0.2, 0) is 22.4 Å². The second-order valence-corrected chi connectivity index (χ2v) is 4.98. The summed E-state index contributed by atoms with van der Waals surface area (Å²) in [5, 5.41) is 0. The van der Waals surface area contributed by atoms with E-state index in [-0.39, 0.29) is 36.2 Å². The molecule has 101 valence electrons. The smallest absolute Gasteiger partial charge is 1.00 e. The molecule has 0 bridgehead atoms. The molecule has 2 rings (SSSR count). The summed E-state index contributed by atoms with van der Waals surface area (Å²) in [4.78, 5) is 5.05. The molecule has 0 N–H and O–H groups in total. The van der Waals surface area contributed by atoms with Crippen molar-refractivity contribution in [3.63, 3.8) is 0 Å². The fourth-order valence-corrected chi connectivity index (χ4v) is 2.62. The van der Waals surface area contributed by atoms with Gasteiger partial charge in [0.25, 0.3) is 0 Å². The van der Waals surface area contributed by atoms with Crippen LogP contribution >= 0.6 is 0 Å². The van der Waals surface area contributed by atoms with Crippen molar-refractivity contribution >= 4 is 0 Å². The predicted molar refractivity (Wildman–Crippen MR) is 61.8 cm³/mol. The molecule has 0 aromatic rings. The van der Waals surface area contributed by atoms with Crippen LogP contribution in [-0.4, -0.2) is 35.0 Å². The quantitative estimate of drug-likeness (QED) is 0.557. The maximum absolute atomic E-state index is 2.58. The number of hydrogen-bond acceptors (Lipinski definition) is 2. The second kappa shape index (κ2) is 8.12. The van der Waals surface area contributed by atoms with Gasteiger partial charge in [-0.25, -0.2) is 0 Å². The third kappa shape index (κ3) is 4.32. The van der Waals surface area contributed by atoms with Crippen LogP contribution in [0.3, 0.4) is 0 Å². The summed E-state index contributed by atoms with van der Waals surface area (Å²) in [6.45, 7) is 9.42. The Balaban J connectivity index is 0. The fourth-order valence-electron chi connectivity index (χ4n) is 2.62. The molecule has 2 nitrogen and oxygen atoms in total. The summed E-state index contributed by atoms with van der Waals surface area (Å²) in [5.74, 6) is 0. The number of nitrogens with zero attached hydrogens (tertiary/aromatic N) is 2. The van der Waals surface area contributed by atoms with Crippen molar-refractivity contribution < 1.29 is 36.2 Å². The van der Waals surface area contributed by atoms with Crippen LogP contribution in [0.2, 0.25) is 0 Å². The first kappa shape index (κ1) is 17.0. The van der Waals surface area contributed by atoms with Gasteiger partial charge in [0.05, 0.1) is 6.67 Å². The molecule has 1 saturated heterocycles. The Morgan fingerprint density at radius 2 is 1.75 bits per heavy atom. The van der Waals surface area contributed by atoms with Gasteiger partial charge in [-0.05, 0) is 26.7 Å². The van der Waals surface area contributed by atoms with Crippen LogP contribution in [0.15, 0.2) is 0 Å². The van der Waals surface area contributed by atoms with Crippen molar-refractivity contribution in [1.29, 1.82) is 0 Å². The zero-order valence-electron chi connectivity index (χ0n) is 10.3. The summed E-state index contributed by atoms with van der Waals surface area (Å²) < 4.78 is 0. The van der Waals surface area contributed by atoms with E-state index in [2.05, 4.69) is 30.3 Å². The molecule has 1 heterocycles. The first-order valence-electron chi connectivity index (χ1n) is 6.14. The van der Waals surface area contributed by atoms with E-state index in [4.69, 9.17) is 0 Å². The van der Waals surface area contributed by atoms with E-state index in [1.807, 2.05) is 0 Å². The number of halogens is 1. The van der Waals surface area contributed by atoms with Gasteiger partial charge in [0.15, 0.2) is 0 Å². The summed E-state index contributed by atoms with van der Waals surface area (Å²) in [5.41, 5.74) is 0. The zero-order valence-corrected chi connectivity index (χ0v) is 13.2. The van der Waals surface area contributed by atoms with Gasteiger partial charge in [-0.1, -0.05) is 19.3 Å². The first-order valence-corrected chi connectivity index (χ1v) is 6.14. The molecule has 16 heavy (non-hydrogen) atoms. The van der Waals surface area contributed by atoms with E-state index in [0.717, 1.165) is 6.04 Å². The molecule has 1 radical (unpaired) electrons. The Labute approximate surface area is 124 Å². The van der Waals surface area contributed by atoms with Crippen molar-refractivity contribution in [3.05, 3.63) is 6.67 Å². The Bertz CT molecular complexity index is 189. The maximum Gasteiger partial charge on any atom is 1.00 e. The fraction of sp³-hybridized carbons (Fsp3) is 0.917. The van der Waals surface area contributed by atoms with Gasteiger partial charge in [-0.2, -0.15) is 0 Å². The average molecular weight is 430 g/mol. The molecule has 0 aromatic carbocycles.